The molecule has 1 aromatic carbocycles. The van der Waals surface area contributed by atoms with Crippen molar-refractivity contribution in [2.75, 3.05) is 32.7 Å². The Morgan fingerprint density at radius 2 is 1.81 bits per heavy atom. The third-order valence-corrected chi connectivity index (χ3v) is 6.71. The van der Waals surface area contributed by atoms with Gasteiger partial charge in [0, 0.05) is 48.3 Å². The summed E-state index contributed by atoms with van der Waals surface area (Å²) in [5.41, 5.74) is 1.73. The number of likely N-dealkylation sites (tertiary alicyclic amines) is 2. The molecular formula is C25H28N4O3. The number of benzene rings is 1. The Morgan fingerprint density at radius 3 is 2.56 bits per heavy atom. The lowest BCUT2D eigenvalue weighted by Gasteiger charge is -2.32. The smallest absolute Gasteiger partial charge is 0.236 e. The molecule has 5 rings (SSSR count). The predicted molar refractivity (Wildman–Crippen MR) is 121 cm³/mol. The molecule has 0 N–H and O–H groups in total. The zero-order valence-electron chi connectivity index (χ0n) is 18.2. The van der Waals surface area contributed by atoms with Gasteiger partial charge in [0.1, 0.15) is 5.78 Å². The first-order chi connectivity index (χ1) is 15.7. The van der Waals surface area contributed by atoms with Crippen LogP contribution in [0.1, 0.15) is 31.4 Å². The lowest BCUT2D eigenvalue weighted by Crippen LogP contribution is -2.44. The van der Waals surface area contributed by atoms with Gasteiger partial charge in [0.25, 0.3) is 0 Å². The molecule has 32 heavy (non-hydrogen) atoms. The van der Waals surface area contributed by atoms with Crippen LogP contribution in [0.3, 0.4) is 0 Å². The van der Waals surface area contributed by atoms with E-state index in [4.69, 9.17) is 4.42 Å². The van der Waals surface area contributed by atoms with Gasteiger partial charge in [-0.05, 0) is 56.3 Å². The Bertz CT molecular complexity index is 1100. The molecular weight excluding hydrogens is 404 g/mol. The minimum atomic E-state index is 0.00358. The first-order valence-corrected chi connectivity index (χ1v) is 11.5. The van der Waals surface area contributed by atoms with Crippen LogP contribution in [0, 0.1) is 5.92 Å². The topological polar surface area (TPSA) is 79.5 Å². The Kier molecular flexibility index (Phi) is 5.99. The molecule has 1 amide bonds. The number of carbonyl (C=O) groups excluding carboxylic acids is 2. The van der Waals surface area contributed by atoms with Crippen LogP contribution in [0.4, 0.5) is 0 Å². The van der Waals surface area contributed by atoms with Gasteiger partial charge in [-0.3, -0.25) is 19.5 Å². The Hall–Kier alpha value is -3.06. The van der Waals surface area contributed by atoms with E-state index in [2.05, 4.69) is 14.9 Å². The van der Waals surface area contributed by atoms with E-state index in [1.807, 2.05) is 35.4 Å². The summed E-state index contributed by atoms with van der Waals surface area (Å²) in [5, 5.41) is 2.05. The minimum Gasteiger partial charge on any atom is -0.444 e. The molecule has 2 fully saturated rings. The van der Waals surface area contributed by atoms with Gasteiger partial charge in [0.15, 0.2) is 12.2 Å². The normalized spacial score (nSPS) is 17.8. The van der Waals surface area contributed by atoms with Crippen LogP contribution >= 0.6 is 0 Å². The van der Waals surface area contributed by atoms with Crippen molar-refractivity contribution in [2.45, 2.75) is 32.1 Å². The molecule has 7 heteroatoms. The fourth-order valence-electron chi connectivity index (χ4n) is 4.80. The van der Waals surface area contributed by atoms with E-state index in [9.17, 15) is 9.59 Å². The number of oxazole rings is 1. The minimum absolute atomic E-state index is 0.00358. The van der Waals surface area contributed by atoms with Crippen molar-refractivity contribution >= 4 is 22.5 Å². The molecule has 0 atom stereocenters. The Labute approximate surface area is 187 Å². The van der Waals surface area contributed by atoms with Gasteiger partial charge in [-0.25, -0.2) is 4.98 Å². The summed E-state index contributed by atoms with van der Waals surface area (Å²) in [6, 6.07) is 8.01. The molecule has 166 valence electrons. The second-order valence-electron chi connectivity index (χ2n) is 8.88. The first kappa shape index (κ1) is 20.8. The second-order valence-corrected chi connectivity index (χ2v) is 8.88. The van der Waals surface area contributed by atoms with Gasteiger partial charge in [-0.1, -0.05) is 12.1 Å². The van der Waals surface area contributed by atoms with Gasteiger partial charge in [0.05, 0.1) is 12.7 Å². The van der Waals surface area contributed by atoms with Gasteiger partial charge >= 0.3 is 0 Å². The molecule has 0 saturated carbocycles. The van der Waals surface area contributed by atoms with Crippen LogP contribution in [-0.2, 0) is 16.0 Å². The highest BCUT2D eigenvalue weighted by atomic mass is 16.3. The average Bonchev–Trinajstić information content (AvgIpc) is 3.53. The number of rotatable bonds is 6. The number of amides is 1. The number of carbonyl (C=O) groups is 2. The van der Waals surface area contributed by atoms with Crippen LogP contribution in [0.5, 0.6) is 0 Å². The summed E-state index contributed by atoms with van der Waals surface area (Å²) >= 11 is 0. The van der Waals surface area contributed by atoms with Crippen molar-refractivity contribution in [3.05, 3.63) is 48.7 Å². The molecule has 3 aromatic rings. The summed E-state index contributed by atoms with van der Waals surface area (Å²) in [6.07, 6.45) is 9.12. The lowest BCUT2D eigenvalue weighted by atomic mass is 9.90. The molecule has 2 aliphatic heterocycles. The van der Waals surface area contributed by atoms with Crippen molar-refractivity contribution in [2.24, 2.45) is 5.92 Å². The van der Waals surface area contributed by atoms with Gasteiger partial charge < -0.3 is 9.32 Å². The maximum Gasteiger partial charge on any atom is 0.236 e. The second kappa shape index (κ2) is 9.20. The number of ketones is 1. The molecule has 7 nitrogen and oxygen atoms in total. The number of hydrogen-bond acceptors (Lipinski definition) is 6. The number of Topliss-reactive ketones (excluding diaryl/α,β-unsaturated/α-hetero) is 1. The quantitative estimate of drug-likeness (QED) is 0.594. The van der Waals surface area contributed by atoms with E-state index in [-0.39, 0.29) is 17.6 Å². The largest absolute Gasteiger partial charge is 0.444 e. The van der Waals surface area contributed by atoms with Crippen molar-refractivity contribution in [3.63, 3.8) is 0 Å². The molecule has 0 bridgehead atoms. The highest BCUT2D eigenvalue weighted by Crippen LogP contribution is 2.25. The Balaban J connectivity index is 1.19. The summed E-state index contributed by atoms with van der Waals surface area (Å²) in [4.78, 5) is 38.1. The van der Waals surface area contributed by atoms with E-state index in [0.29, 0.717) is 31.8 Å². The maximum absolute atomic E-state index is 12.9. The monoisotopic (exact) mass is 432 g/mol. The maximum atomic E-state index is 12.9. The molecule has 0 unspecified atom stereocenters. The van der Waals surface area contributed by atoms with E-state index in [1.54, 1.807) is 6.20 Å². The molecule has 0 aliphatic carbocycles. The summed E-state index contributed by atoms with van der Waals surface area (Å²) in [7, 11) is 0. The summed E-state index contributed by atoms with van der Waals surface area (Å²) in [5.74, 6) is 1.14. The number of fused-ring (bicyclic) bond motifs is 1. The van der Waals surface area contributed by atoms with Gasteiger partial charge in [-0.2, -0.15) is 0 Å². The van der Waals surface area contributed by atoms with E-state index >= 15 is 0 Å². The number of aromatic nitrogens is 2. The van der Waals surface area contributed by atoms with E-state index in [0.717, 1.165) is 48.0 Å². The first-order valence-electron chi connectivity index (χ1n) is 11.5. The van der Waals surface area contributed by atoms with Crippen LogP contribution in [-0.4, -0.2) is 64.2 Å². The highest BCUT2D eigenvalue weighted by Gasteiger charge is 2.28. The third-order valence-electron chi connectivity index (χ3n) is 6.71. The number of hydrogen-bond donors (Lipinski definition) is 0. The average molecular weight is 433 g/mol. The number of nitrogens with zero attached hydrogens (tertiary/aromatic N) is 4. The SMILES string of the molecule is O=C(Cc1cc2cc(-c3cnco3)ccc2cn1)C1CCN(C(=O)CN2CCCC2)CC1. The summed E-state index contributed by atoms with van der Waals surface area (Å²) in [6.45, 7) is 3.93. The Morgan fingerprint density at radius 1 is 1.00 bits per heavy atom. The third kappa shape index (κ3) is 4.58. The zero-order chi connectivity index (χ0) is 21.9. The summed E-state index contributed by atoms with van der Waals surface area (Å²) < 4.78 is 5.39. The fraction of sp³-hybridized carbons (Fsp3) is 0.440. The van der Waals surface area contributed by atoms with Crippen molar-refractivity contribution in [1.29, 1.82) is 0 Å². The molecule has 2 aromatic heterocycles. The number of pyridine rings is 1. The van der Waals surface area contributed by atoms with Gasteiger partial charge in [0.2, 0.25) is 5.91 Å². The molecule has 4 heterocycles. The van der Waals surface area contributed by atoms with Crippen LogP contribution < -0.4 is 0 Å². The van der Waals surface area contributed by atoms with Crippen LogP contribution in [0.15, 0.2) is 47.5 Å². The highest BCUT2D eigenvalue weighted by molar-refractivity contribution is 5.88. The fourth-order valence-corrected chi connectivity index (χ4v) is 4.80. The van der Waals surface area contributed by atoms with Crippen molar-refractivity contribution in [3.8, 4) is 11.3 Å². The zero-order valence-corrected chi connectivity index (χ0v) is 18.2. The van der Waals surface area contributed by atoms with Crippen LogP contribution in [0.25, 0.3) is 22.1 Å². The molecule has 0 radical (unpaired) electrons. The van der Waals surface area contributed by atoms with E-state index in [1.165, 1.54) is 19.2 Å². The predicted octanol–water partition coefficient (Wildman–Crippen LogP) is 3.34. The van der Waals surface area contributed by atoms with Crippen LogP contribution in [0.2, 0.25) is 0 Å². The standard InChI is InChI=1S/C25H28N4O3/c30-23(18-5-9-29(10-6-18)25(31)16-28-7-1-2-8-28)13-22-12-21-11-19(24-15-26-17-32-24)3-4-20(21)14-27-22/h3-4,11-12,14-15,17-18H,1-2,5-10,13,16H2. The molecule has 2 saturated heterocycles. The van der Waals surface area contributed by atoms with Crippen molar-refractivity contribution < 1.29 is 14.0 Å². The van der Waals surface area contributed by atoms with Crippen molar-refractivity contribution in [1.82, 2.24) is 19.8 Å². The van der Waals surface area contributed by atoms with E-state index < -0.39 is 0 Å². The molecule has 2 aliphatic rings. The molecule has 0 spiro atoms. The van der Waals surface area contributed by atoms with Gasteiger partial charge in [-0.15, -0.1) is 0 Å². The number of piperidine rings is 1. The lowest BCUT2D eigenvalue weighted by molar-refractivity contribution is -0.135.